The van der Waals surface area contributed by atoms with E-state index in [2.05, 4.69) is 10.3 Å². The van der Waals surface area contributed by atoms with Gasteiger partial charge >= 0.3 is 5.97 Å². The first-order valence-corrected chi connectivity index (χ1v) is 8.82. The quantitative estimate of drug-likeness (QED) is 0.852. The molecule has 1 amide bonds. The minimum absolute atomic E-state index is 0.240. The zero-order valence-corrected chi connectivity index (χ0v) is 13.9. The third-order valence-corrected chi connectivity index (χ3v) is 5.20. The number of nitrogens with one attached hydrogen (secondary N) is 1. The number of hydrogen-bond acceptors (Lipinski definition) is 6. The normalized spacial score (nSPS) is 15.4. The second-order valence-electron chi connectivity index (χ2n) is 5.28. The SMILES string of the molecule is Cc1nc(-c2ccsc2)sc1C(=O)OC(C)C(=O)NC1CC1. The van der Waals surface area contributed by atoms with Gasteiger partial charge in [0.05, 0.1) is 5.69 Å². The lowest BCUT2D eigenvalue weighted by molar-refractivity contribution is -0.129. The molecule has 5 nitrogen and oxygen atoms in total. The molecule has 2 aromatic rings. The monoisotopic (exact) mass is 336 g/mol. The average molecular weight is 336 g/mol. The zero-order valence-electron chi connectivity index (χ0n) is 12.3. The van der Waals surface area contributed by atoms with Crippen LogP contribution >= 0.6 is 22.7 Å². The van der Waals surface area contributed by atoms with Crippen molar-refractivity contribution >= 4 is 34.6 Å². The van der Waals surface area contributed by atoms with Crippen molar-refractivity contribution in [1.29, 1.82) is 0 Å². The lowest BCUT2D eigenvalue weighted by atomic mass is 10.3. The second kappa shape index (κ2) is 6.18. The summed E-state index contributed by atoms with van der Waals surface area (Å²) in [5, 5.41) is 7.57. The third kappa shape index (κ3) is 3.36. The van der Waals surface area contributed by atoms with E-state index >= 15 is 0 Å². The molecule has 0 saturated heterocycles. The molecule has 2 aromatic heterocycles. The fourth-order valence-corrected chi connectivity index (χ4v) is 3.57. The summed E-state index contributed by atoms with van der Waals surface area (Å²) in [5.41, 5.74) is 1.63. The number of thiophene rings is 1. The molecule has 2 heterocycles. The first-order valence-electron chi connectivity index (χ1n) is 7.06. The van der Waals surface area contributed by atoms with Gasteiger partial charge in [0.2, 0.25) is 0 Å². The molecular weight excluding hydrogens is 320 g/mol. The number of aromatic nitrogens is 1. The van der Waals surface area contributed by atoms with Gasteiger partial charge in [-0.25, -0.2) is 9.78 Å². The maximum atomic E-state index is 12.2. The Morgan fingerprint density at radius 1 is 1.45 bits per heavy atom. The van der Waals surface area contributed by atoms with Crippen molar-refractivity contribution in [3.8, 4) is 10.6 Å². The van der Waals surface area contributed by atoms with Gasteiger partial charge in [0, 0.05) is 17.0 Å². The van der Waals surface area contributed by atoms with E-state index in [-0.39, 0.29) is 11.9 Å². The molecule has 0 aliphatic heterocycles. The Hall–Kier alpha value is -1.73. The van der Waals surface area contributed by atoms with Crippen LogP contribution in [-0.2, 0) is 9.53 Å². The number of nitrogens with zero attached hydrogens (tertiary/aromatic N) is 1. The Balaban J connectivity index is 1.68. The summed E-state index contributed by atoms with van der Waals surface area (Å²) < 4.78 is 5.26. The Morgan fingerprint density at radius 3 is 2.86 bits per heavy atom. The summed E-state index contributed by atoms with van der Waals surface area (Å²) in [5.74, 6) is -0.731. The van der Waals surface area contributed by atoms with Crippen molar-refractivity contribution in [3.05, 3.63) is 27.4 Å². The summed E-state index contributed by atoms with van der Waals surface area (Å²) >= 11 is 2.88. The number of carbonyl (C=O) groups excluding carboxylic acids is 2. The summed E-state index contributed by atoms with van der Waals surface area (Å²) in [6.07, 6.45) is 1.22. The minimum atomic E-state index is -0.792. The van der Waals surface area contributed by atoms with E-state index in [1.165, 1.54) is 11.3 Å². The maximum absolute atomic E-state index is 12.2. The molecule has 0 radical (unpaired) electrons. The van der Waals surface area contributed by atoms with Gasteiger partial charge in [-0.2, -0.15) is 11.3 Å². The predicted molar refractivity (Wildman–Crippen MR) is 86.2 cm³/mol. The molecule has 0 spiro atoms. The molecule has 1 N–H and O–H groups in total. The van der Waals surface area contributed by atoms with Crippen LogP contribution in [0.5, 0.6) is 0 Å². The number of aryl methyl sites for hydroxylation is 1. The van der Waals surface area contributed by atoms with Crippen LogP contribution in [0.2, 0.25) is 0 Å². The Bertz CT molecular complexity index is 690. The average Bonchev–Trinajstić information content (AvgIpc) is 2.99. The molecule has 1 atom stereocenters. The van der Waals surface area contributed by atoms with Crippen LogP contribution in [-0.4, -0.2) is 29.0 Å². The van der Waals surface area contributed by atoms with Crippen molar-refractivity contribution in [2.24, 2.45) is 0 Å². The summed E-state index contributed by atoms with van der Waals surface area (Å²) in [4.78, 5) is 28.9. The number of hydrogen-bond donors (Lipinski definition) is 1. The first-order chi connectivity index (χ1) is 10.5. The van der Waals surface area contributed by atoms with Crippen molar-refractivity contribution in [2.75, 3.05) is 0 Å². The fourth-order valence-electron chi connectivity index (χ4n) is 1.91. The van der Waals surface area contributed by atoms with Crippen LogP contribution in [0.3, 0.4) is 0 Å². The van der Waals surface area contributed by atoms with Crippen LogP contribution in [0.25, 0.3) is 10.6 Å². The highest BCUT2D eigenvalue weighted by Crippen LogP contribution is 2.30. The molecule has 1 fully saturated rings. The first kappa shape index (κ1) is 15.2. The summed E-state index contributed by atoms with van der Waals surface area (Å²) in [7, 11) is 0. The van der Waals surface area contributed by atoms with Gasteiger partial charge in [-0.1, -0.05) is 0 Å². The van der Waals surface area contributed by atoms with E-state index in [4.69, 9.17) is 4.74 Å². The summed E-state index contributed by atoms with van der Waals surface area (Å²) in [6, 6.07) is 2.22. The minimum Gasteiger partial charge on any atom is -0.448 e. The molecule has 1 unspecified atom stereocenters. The largest absolute Gasteiger partial charge is 0.448 e. The Labute approximate surface area is 136 Å². The van der Waals surface area contributed by atoms with Crippen LogP contribution in [0.4, 0.5) is 0 Å². The van der Waals surface area contributed by atoms with Crippen LogP contribution in [0.1, 0.15) is 35.1 Å². The molecule has 0 aromatic carbocycles. The molecule has 1 aliphatic rings. The van der Waals surface area contributed by atoms with Gasteiger partial charge < -0.3 is 10.1 Å². The number of amides is 1. The van der Waals surface area contributed by atoms with Gasteiger partial charge in [-0.05, 0) is 38.1 Å². The highest BCUT2D eigenvalue weighted by molar-refractivity contribution is 7.17. The lowest BCUT2D eigenvalue weighted by Crippen LogP contribution is -2.37. The van der Waals surface area contributed by atoms with E-state index in [0.29, 0.717) is 10.6 Å². The van der Waals surface area contributed by atoms with Crippen molar-refractivity contribution in [3.63, 3.8) is 0 Å². The third-order valence-electron chi connectivity index (χ3n) is 3.33. The van der Waals surface area contributed by atoms with Crippen LogP contribution < -0.4 is 5.32 Å². The van der Waals surface area contributed by atoms with Crippen LogP contribution in [0.15, 0.2) is 16.8 Å². The van der Waals surface area contributed by atoms with Crippen molar-refractivity contribution < 1.29 is 14.3 Å². The van der Waals surface area contributed by atoms with Crippen molar-refractivity contribution in [1.82, 2.24) is 10.3 Å². The maximum Gasteiger partial charge on any atom is 0.351 e. The van der Waals surface area contributed by atoms with Crippen LogP contribution in [0, 0.1) is 6.92 Å². The van der Waals surface area contributed by atoms with Gasteiger partial charge in [-0.3, -0.25) is 4.79 Å². The molecule has 116 valence electrons. The van der Waals surface area contributed by atoms with E-state index in [9.17, 15) is 9.59 Å². The number of esters is 1. The number of carbonyl (C=O) groups is 2. The van der Waals surface area contributed by atoms with Gasteiger partial charge in [0.15, 0.2) is 6.10 Å². The topological polar surface area (TPSA) is 68.3 Å². The predicted octanol–water partition coefficient (Wildman–Crippen LogP) is 3.00. The smallest absolute Gasteiger partial charge is 0.351 e. The Morgan fingerprint density at radius 2 is 2.23 bits per heavy atom. The van der Waals surface area contributed by atoms with E-state index in [1.54, 1.807) is 25.2 Å². The van der Waals surface area contributed by atoms with Gasteiger partial charge in [0.1, 0.15) is 9.88 Å². The lowest BCUT2D eigenvalue weighted by Gasteiger charge is -2.12. The molecule has 1 aliphatic carbocycles. The van der Waals surface area contributed by atoms with Crippen molar-refractivity contribution in [2.45, 2.75) is 38.8 Å². The van der Waals surface area contributed by atoms with Gasteiger partial charge in [-0.15, -0.1) is 11.3 Å². The zero-order chi connectivity index (χ0) is 15.7. The summed E-state index contributed by atoms with van der Waals surface area (Å²) in [6.45, 7) is 3.36. The highest BCUT2D eigenvalue weighted by Gasteiger charge is 2.28. The number of thiazole rings is 1. The van der Waals surface area contributed by atoms with E-state index in [0.717, 1.165) is 23.4 Å². The molecule has 3 rings (SSSR count). The second-order valence-corrected chi connectivity index (χ2v) is 7.06. The standard InChI is InChI=1S/C15H16N2O3S2/c1-8-12(22-14(16-8)10-5-6-21-7-10)15(19)20-9(2)13(18)17-11-3-4-11/h5-7,9,11H,3-4H2,1-2H3,(H,17,18). The highest BCUT2D eigenvalue weighted by atomic mass is 32.1. The number of ether oxygens (including phenoxy) is 1. The number of rotatable bonds is 5. The molecular formula is C15H16N2O3S2. The van der Waals surface area contributed by atoms with E-state index < -0.39 is 12.1 Å². The molecule has 22 heavy (non-hydrogen) atoms. The molecule has 1 saturated carbocycles. The van der Waals surface area contributed by atoms with E-state index in [1.807, 2.05) is 16.8 Å². The van der Waals surface area contributed by atoms with Gasteiger partial charge in [0.25, 0.3) is 5.91 Å². The Kier molecular flexibility index (Phi) is 4.26. The molecule has 7 heteroatoms. The fraction of sp³-hybridized carbons (Fsp3) is 0.400. The molecule has 0 bridgehead atoms.